The van der Waals surface area contributed by atoms with Crippen molar-refractivity contribution in [1.29, 1.82) is 0 Å². The maximum atomic E-state index is 5.76. The van der Waals surface area contributed by atoms with Crippen LogP contribution in [0.2, 0.25) is 0 Å². The molecule has 136 valence electrons. The van der Waals surface area contributed by atoms with E-state index in [-0.39, 0.29) is 0 Å². The summed E-state index contributed by atoms with van der Waals surface area (Å²) in [6.45, 7) is 16.3. The molecule has 1 aromatic carbocycles. The molecule has 3 nitrogen and oxygen atoms in total. The highest BCUT2D eigenvalue weighted by molar-refractivity contribution is 5.20. The number of nitrogens with two attached hydrogens (primary N) is 2. The van der Waals surface area contributed by atoms with Crippen LogP contribution in [0.25, 0.3) is 0 Å². The van der Waals surface area contributed by atoms with Gasteiger partial charge in [0.2, 0.25) is 0 Å². The van der Waals surface area contributed by atoms with E-state index in [9.17, 15) is 0 Å². The molecule has 1 unspecified atom stereocenters. The summed E-state index contributed by atoms with van der Waals surface area (Å²) >= 11 is 0. The van der Waals surface area contributed by atoms with Crippen LogP contribution in [0.4, 0.5) is 0 Å². The van der Waals surface area contributed by atoms with E-state index in [0.717, 1.165) is 12.5 Å². The molecule has 1 aromatic rings. The standard InChI is InChI=1S/C8H18N2.C8H11N.2C2H6/c1-7(2)6-8-4-3-5-10(8)9;1-7-2-4-8(6-9)5-3-7;2*1-2/h7-8H,3-6,9H2,1-2H3;2-5H,6,9H2,1H3;2*1-2H3. The van der Waals surface area contributed by atoms with Crippen LogP contribution in [-0.2, 0) is 6.54 Å². The molecule has 1 aliphatic rings. The number of rotatable bonds is 3. The molecule has 23 heavy (non-hydrogen) atoms. The minimum Gasteiger partial charge on any atom is -0.326 e. The fourth-order valence-corrected chi connectivity index (χ4v) is 2.38. The molecule has 0 aromatic heterocycles. The highest BCUT2D eigenvalue weighted by Gasteiger charge is 2.21. The van der Waals surface area contributed by atoms with Crippen molar-refractivity contribution in [2.75, 3.05) is 6.54 Å². The van der Waals surface area contributed by atoms with E-state index in [1.165, 1.54) is 30.4 Å². The van der Waals surface area contributed by atoms with Crippen LogP contribution < -0.4 is 11.6 Å². The zero-order valence-corrected chi connectivity index (χ0v) is 16.6. The van der Waals surface area contributed by atoms with Gasteiger partial charge < -0.3 is 5.73 Å². The third-order valence-electron chi connectivity index (χ3n) is 3.52. The topological polar surface area (TPSA) is 55.3 Å². The van der Waals surface area contributed by atoms with E-state index >= 15 is 0 Å². The second-order valence-electron chi connectivity index (χ2n) is 5.85. The van der Waals surface area contributed by atoms with Gasteiger partial charge in [-0.15, -0.1) is 0 Å². The Morgan fingerprint density at radius 1 is 1.09 bits per heavy atom. The number of nitrogens with zero attached hydrogens (tertiary/aromatic N) is 1. The molecule has 1 atom stereocenters. The molecule has 4 N–H and O–H groups in total. The molecule has 1 fully saturated rings. The number of hydrogen-bond acceptors (Lipinski definition) is 3. The van der Waals surface area contributed by atoms with Crippen molar-refractivity contribution in [3.8, 4) is 0 Å². The summed E-state index contributed by atoms with van der Waals surface area (Å²) in [7, 11) is 0. The van der Waals surface area contributed by atoms with Gasteiger partial charge in [-0.2, -0.15) is 0 Å². The maximum Gasteiger partial charge on any atom is 0.0244 e. The van der Waals surface area contributed by atoms with Crippen molar-refractivity contribution in [3.05, 3.63) is 35.4 Å². The Bertz CT molecular complexity index is 346. The van der Waals surface area contributed by atoms with E-state index in [2.05, 4.69) is 45.0 Å². The van der Waals surface area contributed by atoms with Gasteiger partial charge in [-0.1, -0.05) is 71.4 Å². The summed E-state index contributed by atoms with van der Waals surface area (Å²) in [5, 5.41) is 2.00. The predicted octanol–water partition coefficient (Wildman–Crippen LogP) is 4.88. The van der Waals surface area contributed by atoms with Gasteiger partial charge in [0.25, 0.3) is 0 Å². The van der Waals surface area contributed by atoms with Crippen molar-refractivity contribution < 1.29 is 0 Å². The number of hydrazine groups is 1. The monoisotopic (exact) mass is 323 g/mol. The average Bonchev–Trinajstić information content (AvgIpc) is 2.97. The summed E-state index contributed by atoms with van der Waals surface area (Å²) in [5.74, 6) is 6.55. The molecule has 2 rings (SSSR count). The Labute approximate surface area is 145 Å². The van der Waals surface area contributed by atoms with Crippen molar-refractivity contribution in [3.63, 3.8) is 0 Å². The van der Waals surface area contributed by atoms with Gasteiger partial charge in [0.05, 0.1) is 0 Å². The molecule has 0 spiro atoms. The minimum atomic E-state index is 0.639. The van der Waals surface area contributed by atoms with Crippen LogP contribution >= 0.6 is 0 Å². The minimum absolute atomic E-state index is 0.639. The average molecular weight is 324 g/mol. The Kier molecular flexibility index (Phi) is 16.9. The molecule has 1 heterocycles. The van der Waals surface area contributed by atoms with E-state index in [4.69, 9.17) is 11.6 Å². The first kappa shape index (κ1) is 24.4. The van der Waals surface area contributed by atoms with Crippen LogP contribution in [0, 0.1) is 12.8 Å². The molecular formula is C20H41N3. The van der Waals surface area contributed by atoms with Gasteiger partial charge in [-0.3, -0.25) is 5.84 Å². The van der Waals surface area contributed by atoms with Gasteiger partial charge in [-0.25, -0.2) is 5.01 Å². The molecule has 3 heteroatoms. The van der Waals surface area contributed by atoms with Crippen molar-refractivity contribution >= 4 is 0 Å². The van der Waals surface area contributed by atoms with Crippen LogP contribution in [0.1, 0.15) is 71.9 Å². The van der Waals surface area contributed by atoms with Crippen LogP contribution in [0.3, 0.4) is 0 Å². The van der Waals surface area contributed by atoms with E-state index in [0.29, 0.717) is 12.6 Å². The lowest BCUT2D eigenvalue weighted by molar-refractivity contribution is 0.232. The molecular weight excluding hydrogens is 282 g/mol. The first-order valence-electron chi connectivity index (χ1n) is 9.30. The number of hydrogen-bond donors (Lipinski definition) is 2. The second kappa shape index (κ2) is 16.0. The second-order valence-corrected chi connectivity index (χ2v) is 5.85. The summed E-state index contributed by atoms with van der Waals surface area (Å²) in [6, 6.07) is 8.91. The third-order valence-corrected chi connectivity index (χ3v) is 3.52. The van der Waals surface area contributed by atoms with E-state index in [1.54, 1.807) is 0 Å². The lowest BCUT2D eigenvalue weighted by atomic mass is 10.0. The molecule has 0 saturated carbocycles. The molecule has 1 aliphatic heterocycles. The Balaban J connectivity index is 0. The van der Waals surface area contributed by atoms with Gasteiger partial charge in [0.15, 0.2) is 0 Å². The van der Waals surface area contributed by atoms with Crippen molar-refractivity contribution in [1.82, 2.24) is 5.01 Å². The van der Waals surface area contributed by atoms with Crippen molar-refractivity contribution in [2.24, 2.45) is 17.5 Å². The van der Waals surface area contributed by atoms with Gasteiger partial charge in [0, 0.05) is 19.1 Å². The normalized spacial score (nSPS) is 16.5. The van der Waals surface area contributed by atoms with Gasteiger partial charge >= 0.3 is 0 Å². The summed E-state index contributed by atoms with van der Waals surface area (Å²) in [5.41, 5.74) is 7.88. The fraction of sp³-hybridized carbons (Fsp3) is 0.700. The van der Waals surface area contributed by atoms with Gasteiger partial charge in [0.1, 0.15) is 0 Å². The van der Waals surface area contributed by atoms with Crippen LogP contribution in [0.15, 0.2) is 24.3 Å². The van der Waals surface area contributed by atoms with Crippen LogP contribution in [0.5, 0.6) is 0 Å². The molecule has 0 aliphatic carbocycles. The van der Waals surface area contributed by atoms with Crippen LogP contribution in [-0.4, -0.2) is 17.6 Å². The first-order chi connectivity index (χ1) is 11.0. The summed E-state index contributed by atoms with van der Waals surface area (Å²) < 4.78 is 0. The predicted molar refractivity (Wildman–Crippen MR) is 105 cm³/mol. The zero-order chi connectivity index (χ0) is 18.3. The highest BCUT2D eigenvalue weighted by atomic mass is 15.4. The smallest absolute Gasteiger partial charge is 0.0244 e. The lowest BCUT2D eigenvalue weighted by Crippen LogP contribution is -2.36. The quantitative estimate of drug-likeness (QED) is 0.780. The summed E-state index contributed by atoms with van der Waals surface area (Å²) in [6.07, 6.45) is 3.85. The SMILES string of the molecule is CC.CC.CC(C)CC1CCCN1N.Cc1ccc(CN)cc1. The Morgan fingerprint density at radius 2 is 1.61 bits per heavy atom. The fourth-order valence-electron chi connectivity index (χ4n) is 2.38. The molecule has 1 saturated heterocycles. The maximum absolute atomic E-state index is 5.76. The Hall–Kier alpha value is -0.900. The number of benzene rings is 1. The van der Waals surface area contributed by atoms with Crippen molar-refractivity contribution in [2.45, 2.75) is 80.3 Å². The molecule has 0 radical (unpaired) electrons. The van der Waals surface area contributed by atoms with E-state index < -0.39 is 0 Å². The molecule has 0 amide bonds. The van der Waals surface area contributed by atoms with Gasteiger partial charge in [-0.05, 0) is 37.7 Å². The molecule has 0 bridgehead atoms. The number of aryl methyl sites for hydroxylation is 1. The van der Waals surface area contributed by atoms with E-state index in [1.807, 2.05) is 32.7 Å². The summed E-state index contributed by atoms with van der Waals surface area (Å²) in [4.78, 5) is 0. The Morgan fingerprint density at radius 3 is 1.96 bits per heavy atom. The third kappa shape index (κ3) is 12.2. The highest BCUT2D eigenvalue weighted by Crippen LogP contribution is 2.19. The zero-order valence-electron chi connectivity index (χ0n) is 16.6. The first-order valence-corrected chi connectivity index (χ1v) is 9.30. The lowest BCUT2D eigenvalue weighted by Gasteiger charge is -2.20. The largest absolute Gasteiger partial charge is 0.326 e.